The van der Waals surface area contributed by atoms with Crippen LogP contribution in [0.15, 0.2) is 0 Å². The summed E-state index contributed by atoms with van der Waals surface area (Å²) in [4.78, 5) is 14.3. The molecule has 0 spiro atoms. The molecule has 0 aliphatic carbocycles. The molecule has 2 rings (SSSR count). The monoisotopic (exact) mass is 288 g/mol. The third-order valence-electron chi connectivity index (χ3n) is 3.06. The first-order chi connectivity index (χ1) is 8.69. The van der Waals surface area contributed by atoms with Gasteiger partial charge >= 0.3 is 0 Å². The van der Waals surface area contributed by atoms with Crippen molar-refractivity contribution in [3.8, 4) is 0 Å². The summed E-state index contributed by atoms with van der Waals surface area (Å²) in [5.41, 5.74) is 0. The molecule has 0 saturated carbocycles. The molecular formula is C11H17ClN4OS. The molecule has 1 amide bonds. The molecule has 1 aromatic heterocycles. The lowest BCUT2D eigenvalue weighted by atomic mass is 10.0. The first kappa shape index (κ1) is 13.7. The van der Waals surface area contributed by atoms with Crippen molar-refractivity contribution in [3.05, 3.63) is 9.47 Å². The molecule has 0 unspecified atom stereocenters. The number of nitrogens with one attached hydrogen (secondary N) is 1. The molecule has 2 heterocycles. The van der Waals surface area contributed by atoms with Gasteiger partial charge in [0.05, 0.1) is 0 Å². The zero-order valence-electron chi connectivity index (χ0n) is 10.4. The topological polar surface area (TPSA) is 58.1 Å². The highest BCUT2D eigenvalue weighted by Gasteiger charge is 2.22. The summed E-state index contributed by atoms with van der Waals surface area (Å²) in [5, 5.41) is 10.7. The van der Waals surface area contributed by atoms with Crippen LogP contribution in [0.4, 0.5) is 0 Å². The molecule has 100 valence electrons. The van der Waals surface area contributed by atoms with Crippen molar-refractivity contribution in [2.45, 2.75) is 32.2 Å². The van der Waals surface area contributed by atoms with Crippen molar-refractivity contribution in [1.29, 1.82) is 0 Å². The van der Waals surface area contributed by atoms with Crippen molar-refractivity contribution in [1.82, 2.24) is 20.4 Å². The van der Waals surface area contributed by atoms with E-state index in [-0.39, 0.29) is 11.9 Å². The number of hydrogen-bond donors (Lipinski definition) is 1. The van der Waals surface area contributed by atoms with Crippen LogP contribution >= 0.6 is 22.9 Å². The summed E-state index contributed by atoms with van der Waals surface area (Å²) in [6.45, 7) is 5.44. The van der Waals surface area contributed by atoms with Crippen LogP contribution in [0.3, 0.4) is 0 Å². The summed E-state index contributed by atoms with van der Waals surface area (Å²) in [7, 11) is 0. The van der Waals surface area contributed by atoms with Gasteiger partial charge in [-0.3, -0.25) is 4.79 Å². The Kier molecular flexibility index (Phi) is 4.91. The Bertz CT molecular complexity index is 404. The molecule has 1 aromatic rings. The number of halogens is 1. The minimum absolute atomic E-state index is 0.159. The number of likely N-dealkylation sites (tertiary alicyclic amines) is 1. The zero-order chi connectivity index (χ0) is 13.0. The number of carbonyl (C=O) groups is 1. The van der Waals surface area contributed by atoms with Gasteiger partial charge in [0.25, 0.3) is 5.91 Å². The molecule has 18 heavy (non-hydrogen) atoms. The number of carbonyl (C=O) groups excluding carboxylic acids is 1. The van der Waals surface area contributed by atoms with Gasteiger partial charge in [-0.05, 0) is 37.4 Å². The quantitative estimate of drug-likeness (QED) is 0.918. The van der Waals surface area contributed by atoms with Crippen LogP contribution in [-0.2, 0) is 0 Å². The number of hydrogen-bond acceptors (Lipinski definition) is 5. The third-order valence-corrected chi connectivity index (χ3v) is 4.07. The predicted molar refractivity (Wildman–Crippen MR) is 72.1 cm³/mol. The molecule has 1 saturated heterocycles. The second-order valence-corrected chi connectivity index (χ2v) is 6.01. The van der Waals surface area contributed by atoms with Crippen LogP contribution in [0.5, 0.6) is 0 Å². The van der Waals surface area contributed by atoms with Crippen molar-refractivity contribution in [3.63, 3.8) is 0 Å². The lowest BCUT2D eigenvalue weighted by Crippen LogP contribution is -2.44. The fourth-order valence-corrected chi connectivity index (χ4v) is 2.89. The number of rotatable bonds is 4. The van der Waals surface area contributed by atoms with Gasteiger partial charge in [0.2, 0.25) is 9.47 Å². The Morgan fingerprint density at radius 1 is 1.50 bits per heavy atom. The smallest absolute Gasteiger partial charge is 0.282 e. The normalized spacial score (nSPS) is 17.9. The maximum atomic E-state index is 11.9. The van der Waals surface area contributed by atoms with E-state index in [0.29, 0.717) is 9.47 Å². The predicted octanol–water partition coefficient (Wildman–Crippen LogP) is 1.80. The molecule has 0 aromatic carbocycles. The van der Waals surface area contributed by atoms with E-state index in [0.717, 1.165) is 43.8 Å². The molecule has 1 aliphatic heterocycles. The number of aromatic nitrogens is 2. The summed E-state index contributed by atoms with van der Waals surface area (Å²) >= 11 is 6.77. The summed E-state index contributed by atoms with van der Waals surface area (Å²) < 4.78 is 0.304. The molecule has 1 N–H and O–H groups in total. The Hall–Kier alpha value is -0.720. The van der Waals surface area contributed by atoms with Crippen LogP contribution in [0.2, 0.25) is 4.47 Å². The minimum Gasteiger partial charge on any atom is -0.347 e. The molecule has 1 aliphatic rings. The van der Waals surface area contributed by atoms with E-state index >= 15 is 0 Å². The van der Waals surface area contributed by atoms with E-state index in [1.165, 1.54) is 6.42 Å². The largest absolute Gasteiger partial charge is 0.347 e. The summed E-state index contributed by atoms with van der Waals surface area (Å²) in [6.07, 6.45) is 3.18. The Balaban J connectivity index is 1.79. The average Bonchev–Trinajstić information content (AvgIpc) is 2.79. The van der Waals surface area contributed by atoms with E-state index < -0.39 is 0 Å². The van der Waals surface area contributed by atoms with E-state index in [2.05, 4.69) is 27.3 Å². The van der Waals surface area contributed by atoms with Gasteiger partial charge in [0.1, 0.15) is 0 Å². The van der Waals surface area contributed by atoms with Gasteiger partial charge in [-0.15, -0.1) is 10.2 Å². The Labute approximate surface area is 116 Å². The summed E-state index contributed by atoms with van der Waals surface area (Å²) in [5.74, 6) is -0.159. The third kappa shape index (κ3) is 3.63. The average molecular weight is 289 g/mol. The SMILES string of the molecule is CCCN1CCC(NC(=O)c2nnc(Cl)s2)CC1. The van der Waals surface area contributed by atoms with E-state index in [9.17, 15) is 4.79 Å². The first-order valence-corrected chi connectivity index (χ1v) is 7.40. The Morgan fingerprint density at radius 2 is 2.22 bits per heavy atom. The Morgan fingerprint density at radius 3 is 2.78 bits per heavy atom. The number of nitrogens with zero attached hydrogens (tertiary/aromatic N) is 3. The number of piperidine rings is 1. The second kappa shape index (κ2) is 6.45. The lowest BCUT2D eigenvalue weighted by Gasteiger charge is -2.31. The van der Waals surface area contributed by atoms with Crippen molar-refractivity contribution in [2.24, 2.45) is 0 Å². The van der Waals surface area contributed by atoms with E-state index in [1.807, 2.05) is 0 Å². The van der Waals surface area contributed by atoms with Crippen LogP contribution in [-0.4, -0.2) is 46.7 Å². The first-order valence-electron chi connectivity index (χ1n) is 6.21. The van der Waals surface area contributed by atoms with Crippen molar-refractivity contribution >= 4 is 28.8 Å². The van der Waals surface area contributed by atoms with Crippen LogP contribution in [0, 0.1) is 0 Å². The van der Waals surface area contributed by atoms with Gasteiger partial charge in [-0.25, -0.2) is 0 Å². The van der Waals surface area contributed by atoms with Crippen molar-refractivity contribution in [2.75, 3.05) is 19.6 Å². The van der Waals surface area contributed by atoms with Gasteiger partial charge in [0, 0.05) is 19.1 Å². The second-order valence-electron chi connectivity index (χ2n) is 4.45. The van der Waals surface area contributed by atoms with E-state index in [1.54, 1.807) is 0 Å². The van der Waals surface area contributed by atoms with Gasteiger partial charge < -0.3 is 10.2 Å². The molecular weight excluding hydrogens is 272 g/mol. The fourth-order valence-electron chi connectivity index (χ4n) is 2.16. The maximum absolute atomic E-state index is 11.9. The molecule has 0 atom stereocenters. The highest BCUT2D eigenvalue weighted by molar-refractivity contribution is 7.17. The van der Waals surface area contributed by atoms with Gasteiger partial charge in [0.15, 0.2) is 0 Å². The van der Waals surface area contributed by atoms with Gasteiger partial charge in [-0.1, -0.05) is 18.3 Å². The zero-order valence-corrected chi connectivity index (χ0v) is 11.9. The lowest BCUT2D eigenvalue weighted by molar-refractivity contribution is 0.0910. The standard InChI is InChI=1S/C11H17ClN4OS/c1-2-5-16-6-3-8(4-7-16)13-9(17)10-14-15-11(12)18-10/h8H,2-7H2,1H3,(H,13,17). The van der Waals surface area contributed by atoms with Gasteiger partial charge in [-0.2, -0.15) is 0 Å². The van der Waals surface area contributed by atoms with E-state index in [4.69, 9.17) is 11.6 Å². The van der Waals surface area contributed by atoms with Crippen LogP contribution < -0.4 is 5.32 Å². The molecule has 0 radical (unpaired) electrons. The maximum Gasteiger partial charge on any atom is 0.282 e. The highest BCUT2D eigenvalue weighted by atomic mass is 35.5. The van der Waals surface area contributed by atoms with Crippen molar-refractivity contribution < 1.29 is 4.79 Å². The minimum atomic E-state index is -0.159. The molecule has 7 heteroatoms. The highest BCUT2D eigenvalue weighted by Crippen LogP contribution is 2.16. The number of amides is 1. The molecule has 0 bridgehead atoms. The molecule has 5 nitrogen and oxygen atoms in total. The van der Waals surface area contributed by atoms with Crippen LogP contribution in [0.1, 0.15) is 36.0 Å². The molecule has 1 fully saturated rings. The fraction of sp³-hybridized carbons (Fsp3) is 0.727. The summed E-state index contributed by atoms with van der Waals surface area (Å²) in [6, 6.07) is 0.244. The van der Waals surface area contributed by atoms with Crippen LogP contribution in [0.25, 0.3) is 0 Å².